The fraction of sp³-hybridized carbons (Fsp3) is 0.462. The minimum absolute atomic E-state index is 0.115. The Hall–Kier alpha value is -1.31. The zero-order valence-electron chi connectivity index (χ0n) is 9.92. The van der Waals surface area contributed by atoms with Gasteiger partial charge in [-0.2, -0.15) is 0 Å². The fourth-order valence-electron chi connectivity index (χ4n) is 1.44. The first-order chi connectivity index (χ1) is 7.04. The lowest BCUT2D eigenvalue weighted by molar-refractivity contribution is 0.101. The molecule has 0 aliphatic heterocycles. The van der Waals surface area contributed by atoms with Crippen LogP contribution in [0.1, 0.15) is 43.1 Å². The van der Waals surface area contributed by atoms with Gasteiger partial charge in [-0.15, -0.1) is 0 Å². The molecular weight excluding hydrogens is 186 g/mol. The van der Waals surface area contributed by atoms with Gasteiger partial charge in [-0.3, -0.25) is 4.79 Å². The van der Waals surface area contributed by atoms with Crippen LogP contribution in [0.3, 0.4) is 0 Å². The van der Waals surface area contributed by atoms with Crippen molar-refractivity contribution in [2.75, 3.05) is 5.32 Å². The highest BCUT2D eigenvalue weighted by Gasteiger charge is 2.08. The van der Waals surface area contributed by atoms with Gasteiger partial charge in [0.05, 0.1) is 0 Å². The van der Waals surface area contributed by atoms with Gasteiger partial charge in [0.15, 0.2) is 5.78 Å². The minimum Gasteiger partial charge on any atom is -0.382 e. The lowest BCUT2D eigenvalue weighted by Crippen LogP contribution is -2.15. The van der Waals surface area contributed by atoms with Gasteiger partial charge in [0.2, 0.25) is 0 Å². The van der Waals surface area contributed by atoms with Gasteiger partial charge in [0.1, 0.15) is 0 Å². The highest BCUT2D eigenvalue weighted by Crippen LogP contribution is 2.19. The SMILES string of the molecule is CC[C@@H](C)Nc1ccc(C)cc1C(C)=O. The van der Waals surface area contributed by atoms with Crippen LogP contribution >= 0.6 is 0 Å². The molecule has 1 N–H and O–H groups in total. The number of nitrogens with one attached hydrogen (secondary N) is 1. The summed E-state index contributed by atoms with van der Waals surface area (Å²) in [6, 6.07) is 6.34. The van der Waals surface area contributed by atoms with Crippen molar-refractivity contribution in [2.45, 2.75) is 40.2 Å². The van der Waals surface area contributed by atoms with Crippen molar-refractivity contribution in [1.29, 1.82) is 0 Å². The van der Waals surface area contributed by atoms with Gasteiger partial charge in [-0.05, 0) is 39.3 Å². The summed E-state index contributed by atoms with van der Waals surface area (Å²) in [6.07, 6.45) is 1.05. The average Bonchev–Trinajstić information content (AvgIpc) is 2.20. The van der Waals surface area contributed by atoms with Crippen LogP contribution in [0.25, 0.3) is 0 Å². The van der Waals surface area contributed by atoms with Crippen LogP contribution in [0.5, 0.6) is 0 Å². The predicted molar refractivity (Wildman–Crippen MR) is 64.6 cm³/mol. The number of anilines is 1. The number of aryl methyl sites for hydroxylation is 1. The molecule has 0 radical (unpaired) electrons. The smallest absolute Gasteiger partial charge is 0.161 e. The summed E-state index contributed by atoms with van der Waals surface area (Å²) in [5.74, 6) is 0.115. The van der Waals surface area contributed by atoms with Gasteiger partial charge in [-0.25, -0.2) is 0 Å². The van der Waals surface area contributed by atoms with Crippen LogP contribution in [0.4, 0.5) is 5.69 Å². The third-order valence-corrected chi connectivity index (χ3v) is 2.57. The van der Waals surface area contributed by atoms with E-state index >= 15 is 0 Å². The summed E-state index contributed by atoms with van der Waals surface area (Å²) < 4.78 is 0. The molecule has 0 saturated carbocycles. The summed E-state index contributed by atoms with van der Waals surface area (Å²) in [5, 5.41) is 3.35. The summed E-state index contributed by atoms with van der Waals surface area (Å²) >= 11 is 0. The Labute approximate surface area is 91.7 Å². The monoisotopic (exact) mass is 205 g/mol. The number of carbonyl (C=O) groups is 1. The van der Waals surface area contributed by atoms with E-state index in [1.807, 2.05) is 25.1 Å². The quantitative estimate of drug-likeness (QED) is 0.763. The molecule has 0 bridgehead atoms. The van der Waals surface area contributed by atoms with Crippen molar-refractivity contribution in [3.63, 3.8) is 0 Å². The number of carbonyl (C=O) groups excluding carboxylic acids is 1. The lowest BCUT2D eigenvalue weighted by atomic mass is 10.1. The Morgan fingerprint density at radius 3 is 2.67 bits per heavy atom. The molecule has 2 nitrogen and oxygen atoms in total. The van der Waals surface area contributed by atoms with Crippen LogP contribution < -0.4 is 5.32 Å². The molecule has 1 aromatic carbocycles. The average molecular weight is 205 g/mol. The summed E-state index contributed by atoms with van der Waals surface area (Å²) in [7, 11) is 0. The van der Waals surface area contributed by atoms with Crippen molar-refractivity contribution in [1.82, 2.24) is 0 Å². The topological polar surface area (TPSA) is 29.1 Å². The maximum Gasteiger partial charge on any atom is 0.161 e. The largest absolute Gasteiger partial charge is 0.382 e. The van der Waals surface area contributed by atoms with E-state index in [0.29, 0.717) is 6.04 Å². The van der Waals surface area contributed by atoms with Crippen molar-refractivity contribution in [2.24, 2.45) is 0 Å². The van der Waals surface area contributed by atoms with Crippen LogP contribution in [-0.4, -0.2) is 11.8 Å². The highest BCUT2D eigenvalue weighted by molar-refractivity contribution is 5.99. The van der Waals surface area contributed by atoms with Crippen LogP contribution in [0.15, 0.2) is 18.2 Å². The molecule has 0 heterocycles. The highest BCUT2D eigenvalue weighted by atomic mass is 16.1. The minimum atomic E-state index is 0.115. The number of benzene rings is 1. The molecule has 0 aromatic heterocycles. The van der Waals surface area contributed by atoms with E-state index in [9.17, 15) is 4.79 Å². The molecule has 82 valence electrons. The van der Waals surface area contributed by atoms with Crippen LogP contribution in [0, 0.1) is 6.92 Å². The van der Waals surface area contributed by atoms with Gasteiger partial charge >= 0.3 is 0 Å². The van der Waals surface area contributed by atoms with E-state index < -0.39 is 0 Å². The normalized spacial score (nSPS) is 12.3. The van der Waals surface area contributed by atoms with E-state index in [0.717, 1.165) is 23.2 Å². The van der Waals surface area contributed by atoms with Gasteiger partial charge in [0, 0.05) is 17.3 Å². The Balaban J connectivity index is 3.01. The second kappa shape index (κ2) is 4.96. The zero-order chi connectivity index (χ0) is 11.4. The molecule has 0 aliphatic rings. The molecule has 0 fully saturated rings. The molecule has 0 aliphatic carbocycles. The van der Waals surface area contributed by atoms with E-state index in [-0.39, 0.29) is 5.78 Å². The number of hydrogen-bond acceptors (Lipinski definition) is 2. The van der Waals surface area contributed by atoms with Crippen molar-refractivity contribution in [3.05, 3.63) is 29.3 Å². The van der Waals surface area contributed by atoms with Gasteiger partial charge in [0.25, 0.3) is 0 Å². The third-order valence-electron chi connectivity index (χ3n) is 2.57. The van der Waals surface area contributed by atoms with Gasteiger partial charge in [-0.1, -0.05) is 18.6 Å². The molecule has 15 heavy (non-hydrogen) atoms. The summed E-state index contributed by atoms with van der Waals surface area (Å²) in [6.45, 7) is 7.85. The molecule has 1 atom stereocenters. The van der Waals surface area contributed by atoms with Gasteiger partial charge < -0.3 is 5.32 Å². The van der Waals surface area contributed by atoms with Crippen molar-refractivity contribution in [3.8, 4) is 0 Å². The first-order valence-electron chi connectivity index (χ1n) is 5.42. The maximum absolute atomic E-state index is 11.4. The molecule has 2 heteroatoms. The second-order valence-corrected chi connectivity index (χ2v) is 4.06. The Morgan fingerprint density at radius 2 is 2.13 bits per heavy atom. The Bertz CT molecular complexity index is 358. The third kappa shape index (κ3) is 3.08. The van der Waals surface area contributed by atoms with Crippen LogP contribution in [0.2, 0.25) is 0 Å². The first-order valence-corrected chi connectivity index (χ1v) is 5.42. The molecule has 1 rings (SSSR count). The molecular formula is C13H19NO. The van der Waals surface area contributed by atoms with Crippen molar-refractivity contribution < 1.29 is 4.79 Å². The molecule has 0 amide bonds. The van der Waals surface area contributed by atoms with E-state index in [1.165, 1.54) is 0 Å². The number of Topliss-reactive ketones (excluding diaryl/α,β-unsaturated/α-hetero) is 1. The maximum atomic E-state index is 11.4. The summed E-state index contributed by atoms with van der Waals surface area (Å²) in [5.41, 5.74) is 2.85. The lowest BCUT2D eigenvalue weighted by Gasteiger charge is -2.16. The molecule has 1 aromatic rings. The second-order valence-electron chi connectivity index (χ2n) is 4.06. The number of ketones is 1. The number of hydrogen-bond donors (Lipinski definition) is 1. The standard InChI is InChI=1S/C13H19NO/c1-5-10(3)14-13-7-6-9(2)8-12(13)11(4)15/h6-8,10,14H,5H2,1-4H3/t10-/m1/s1. The summed E-state index contributed by atoms with van der Waals surface area (Å²) in [4.78, 5) is 11.4. The Kier molecular flexibility index (Phi) is 3.89. The molecule has 0 saturated heterocycles. The van der Waals surface area contributed by atoms with Crippen molar-refractivity contribution >= 4 is 11.5 Å². The van der Waals surface area contributed by atoms with Crippen LogP contribution in [-0.2, 0) is 0 Å². The molecule has 0 spiro atoms. The fourth-order valence-corrected chi connectivity index (χ4v) is 1.44. The van der Waals surface area contributed by atoms with E-state index in [4.69, 9.17) is 0 Å². The predicted octanol–water partition coefficient (Wildman–Crippen LogP) is 3.41. The molecule has 0 unspecified atom stereocenters. The van der Waals surface area contributed by atoms with E-state index in [1.54, 1.807) is 6.92 Å². The van der Waals surface area contributed by atoms with E-state index in [2.05, 4.69) is 19.2 Å². The zero-order valence-corrected chi connectivity index (χ0v) is 9.92. The Morgan fingerprint density at radius 1 is 1.47 bits per heavy atom. The number of rotatable bonds is 4. The first kappa shape index (κ1) is 11.8.